The van der Waals surface area contributed by atoms with E-state index in [4.69, 9.17) is 9.47 Å². The lowest BCUT2D eigenvalue weighted by Gasteiger charge is -2.35. The average Bonchev–Trinajstić information content (AvgIpc) is 2.76. The number of benzene rings is 2. The molecule has 0 aliphatic carbocycles. The number of alkyl halides is 6. The molecule has 1 fully saturated rings. The molecule has 1 unspecified atom stereocenters. The summed E-state index contributed by atoms with van der Waals surface area (Å²) < 4.78 is 89.5. The van der Waals surface area contributed by atoms with E-state index in [-0.39, 0.29) is 30.9 Å². The second-order valence-corrected chi connectivity index (χ2v) is 7.51. The Kier molecular flexibility index (Phi) is 7.68. The van der Waals surface area contributed by atoms with Gasteiger partial charge in [-0.2, -0.15) is 26.3 Å². The van der Waals surface area contributed by atoms with Crippen LogP contribution in [0.15, 0.2) is 42.5 Å². The summed E-state index contributed by atoms with van der Waals surface area (Å²) in [6.45, 7) is 2.72. The fourth-order valence-electron chi connectivity index (χ4n) is 3.65. The van der Waals surface area contributed by atoms with E-state index in [9.17, 15) is 26.3 Å². The van der Waals surface area contributed by atoms with Crippen LogP contribution >= 0.6 is 0 Å². The zero-order valence-electron chi connectivity index (χ0n) is 17.4. The Hall–Kier alpha value is -2.30. The van der Waals surface area contributed by atoms with Crippen LogP contribution in [0.2, 0.25) is 0 Å². The van der Waals surface area contributed by atoms with Crippen LogP contribution in [0.5, 0.6) is 5.75 Å². The Balaban J connectivity index is 1.79. The highest BCUT2D eigenvalue weighted by Gasteiger charge is 2.37. The lowest BCUT2D eigenvalue weighted by molar-refractivity contribution is -0.143. The molecule has 1 aliphatic heterocycles. The minimum Gasteiger partial charge on any atom is -0.497 e. The van der Waals surface area contributed by atoms with Crippen LogP contribution in [-0.4, -0.2) is 44.8 Å². The first-order chi connectivity index (χ1) is 15.1. The molecule has 32 heavy (non-hydrogen) atoms. The molecule has 176 valence electrons. The fraction of sp³-hybridized carbons (Fsp3) is 0.455. The predicted molar refractivity (Wildman–Crippen MR) is 106 cm³/mol. The highest BCUT2D eigenvalue weighted by molar-refractivity contribution is 5.33. The fourth-order valence-corrected chi connectivity index (χ4v) is 3.65. The van der Waals surface area contributed by atoms with Crippen molar-refractivity contribution < 1.29 is 35.8 Å². The average molecular weight is 462 g/mol. The molecule has 3 rings (SSSR count). The second kappa shape index (κ2) is 10.1. The van der Waals surface area contributed by atoms with Gasteiger partial charge in [0.05, 0.1) is 37.5 Å². The first-order valence-electron chi connectivity index (χ1n) is 10.0. The predicted octanol–water partition coefficient (Wildman–Crippen LogP) is 4.90. The number of rotatable bonds is 7. The number of hydrogen-bond donors (Lipinski definition) is 1. The van der Waals surface area contributed by atoms with Gasteiger partial charge >= 0.3 is 12.4 Å². The second-order valence-electron chi connectivity index (χ2n) is 7.51. The van der Waals surface area contributed by atoms with Gasteiger partial charge in [0.15, 0.2) is 0 Å². The summed E-state index contributed by atoms with van der Waals surface area (Å²) in [6, 6.07) is 8.64. The standard InChI is InChI=1S/C22H24F6N2O2/c1-31-19-4-2-3-16(11-19)20(30-7-5-29-6-8-30)14-32-13-15-9-17(21(23,24)25)12-18(10-15)22(26,27)28/h2-4,9-12,20,29H,5-8,13-14H2,1H3. The number of hydrogen-bond acceptors (Lipinski definition) is 4. The Morgan fingerprint density at radius 2 is 1.56 bits per heavy atom. The van der Waals surface area contributed by atoms with E-state index in [2.05, 4.69) is 10.2 Å². The maximum atomic E-state index is 13.1. The molecule has 10 heteroatoms. The molecular formula is C22H24F6N2O2. The first-order valence-corrected chi connectivity index (χ1v) is 10.0. The van der Waals surface area contributed by atoms with Crippen LogP contribution in [0, 0.1) is 0 Å². The number of halogens is 6. The maximum Gasteiger partial charge on any atom is 0.416 e. The number of nitrogens with one attached hydrogen (secondary N) is 1. The van der Waals surface area contributed by atoms with Crippen LogP contribution in [0.25, 0.3) is 0 Å². The van der Waals surface area contributed by atoms with Crippen LogP contribution in [0.1, 0.15) is 28.3 Å². The Bertz CT molecular complexity index is 862. The molecule has 0 saturated carbocycles. The van der Waals surface area contributed by atoms with Gasteiger partial charge in [-0.15, -0.1) is 0 Å². The molecule has 4 nitrogen and oxygen atoms in total. The van der Waals surface area contributed by atoms with Gasteiger partial charge in [0.2, 0.25) is 0 Å². The molecule has 1 atom stereocenters. The van der Waals surface area contributed by atoms with E-state index in [0.29, 0.717) is 17.9 Å². The van der Waals surface area contributed by atoms with E-state index >= 15 is 0 Å². The van der Waals surface area contributed by atoms with Gasteiger partial charge in [-0.1, -0.05) is 12.1 Å². The van der Waals surface area contributed by atoms with E-state index < -0.39 is 23.5 Å². The van der Waals surface area contributed by atoms with Crippen molar-refractivity contribution in [1.82, 2.24) is 10.2 Å². The van der Waals surface area contributed by atoms with Crippen molar-refractivity contribution >= 4 is 0 Å². The van der Waals surface area contributed by atoms with Crippen molar-refractivity contribution in [3.05, 3.63) is 64.7 Å². The van der Waals surface area contributed by atoms with Gasteiger partial charge in [-0.05, 0) is 41.5 Å². The molecule has 0 bridgehead atoms. The third-order valence-electron chi connectivity index (χ3n) is 5.26. The minimum absolute atomic E-state index is 0.102. The van der Waals surface area contributed by atoms with E-state index in [1.807, 2.05) is 18.2 Å². The third kappa shape index (κ3) is 6.36. The van der Waals surface area contributed by atoms with Gasteiger partial charge in [-0.3, -0.25) is 4.90 Å². The SMILES string of the molecule is COc1cccc(C(COCc2cc(C(F)(F)F)cc(C(F)(F)F)c2)N2CCNCC2)c1. The lowest BCUT2D eigenvalue weighted by atomic mass is 10.0. The third-order valence-corrected chi connectivity index (χ3v) is 5.26. The quantitative estimate of drug-likeness (QED) is 0.594. The highest BCUT2D eigenvalue weighted by Crippen LogP contribution is 2.36. The molecule has 0 aromatic heterocycles. The zero-order valence-corrected chi connectivity index (χ0v) is 17.4. The van der Waals surface area contributed by atoms with Crippen molar-refractivity contribution in [2.75, 3.05) is 39.9 Å². The summed E-state index contributed by atoms with van der Waals surface area (Å²) in [5.41, 5.74) is -1.99. The molecule has 0 radical (unpaired) electrons. The smallest absolute Gasteiger partial charge is 0.416 e. The molecule has 2 aromatic carbocycles. The summed E-state index contributed by atoms with van der Waals surface area (Å²) >= 11 is 0. The number of piperazine rings is 1. The summed E-state index contributed by atoms with van der Waals surface area (Å²) in [7, 11) is 1.54. The first kappa shape index (κ1) is 24.3. The molecular weight excluding hydrogens is 438 g/mol. The van der Waals surface area contributed by atoms with Crippen LogP contribution < -0.4 is 10.1 Å². The highest BCUT2D eigenvalue weighted by atomic mass is 19.4. The molecule has 1 heterocycles. The van der Waals surface area contributed by atoms with Gasteiger partial charge in [0, 0.05) is 26.2 Å². The minimum atomic E-state index is -4.89. The monoisotopic (exact) mass is 462 g/mol. The topological polar surface area (TPSA) is 33.7 Å². The summed E-state index contributed by atoms with van der Waals surface area (Å²) in [4.78, 5) is 2.17. The molecule has 1 aliphatic rings. The van der Waals surface area contributed by atoms with Crippen molar-refractivity contribution in [3.8, 4) is 5.75 Å². The maximum absolute atomic E-state index is 13.1. The van der Waals surface area contributed by atoms with Crippen LogP contribution in [-0.2, 0) is 23.7 Å². The zero-order chi connectivity index (χ0) is 23.4. The number of ether oxygens (including phenoxy) is 2. The molecule has 2 aromatic rings. The molecule has 1 N–H and O–H groups in total. The Morgan fingerprint density at radius 1 is 0.938 bits per heavy atom. The van der Waals surface area contributed by atoms with Crippen molar-refractivity contribution in [2.45, 2.75) is 25.0 Å². The Morgan fingerprint density at radius 3 is 2.12 bits per heavy atom. The van der Waals surface area contributed by atoms with Gasteiger partial charge in [-0.25, -0.2) is 0 Å². The lowest BCUT2D eigenvalue weighted by Crippen LogP contribution is -2.46. The van der Waals surface area contributed by atoms with Crippen LogP contribution in [0.3, 0.4) is 0 Å². The number of methoxy groups -OCH3 is 1. The molecule has 0 spiro atoms. The van der Waals surface area contributed by atoms with E-state index in [0.717, 1.165) is 31.7 Å². The van der Waals surface area contributed by atoms with Crippen molar-refractivity contribution in [1.29, 1.82) is 0 Å². The van der Waals surface area contributed by atoms with Gasteiger partial charge in [0.25, 0.3) is 0 Å². The van der Waals surface area contributed by atoms with Crippen molar-refractivity contribution in [2.24, 2.45) is 0 Å². The summed E-state index contributed by atoms with van der Waals surface area (Å²) in [6.07, 6.45) is -9.78. The van der Waals surface area contributed by atoms with Gasteiger partial charge < -0.3 is 14.8 Å². The number of nitrogens with zero attached hydrogens (tertiary/aromatic N) is 1. The summed E-state index contributed by atoms with van der Waals surface area (Å²) in [5, 5.41) is 3.25. The normalized spacial score (nSPS) is 16.7. The van der Waals surface area contributed by atoms with Gasteiger partial charge in [0.1, 0.15) is 5.75 Å². The largest absolute Gasteiger partial charge is 0.497 e. The Labute approximate surface area is 182 Å². The molecule has 0 amide bonds. The van der Waals surface area contributed by atoms with E-state index in [1.165, 1.54) is 0 Å². The van der Waals surface area contributed by atoms with Crippen LogP contribution in [0.4, 0.5) is 26.3 Å². The molecule has 1 saturated heterocycles. The summed E-state index contributed by atoms with van der Waals surface area (Å²) in [5.74, 6) is 0.648. The van der Waals surface area contributed by atoms with E-state index in [1.54, 1.807) is 13.2 Å². The van der Waals surface area contributed by atoms with Crippen molar-refractivity contribution in [3.63, 3.8) is 0 Å².